The van der Waals surface area contributed by atoms with Crippen molar-refractivity contribution in [1.29, 1.82) is 0 Å². The summed E-state index contributed by atoms with van der Waals surface area (Å²) in [7, 11) is 0. The monoisotopic (exact) mass is 330 g/mol. The zero-order valence-electron chi connectivity index (χ0n) is 14.4. The molecule has 2 aromatic rings. The first-order chi connectivity index (χ1) is 11.4. The van der Waals surface area contributed by atoms with Gasteiger partial charge in [0.15, 0.2) is 6.61 Å². The molecule has 0 unspecified atom stereocenters. The number of benzene rings is 1. The molecular weight excluding hydrogens is 308 g/mol. The Labute approximate surface area is 141 Å². The van der Waals surface area contributed by atoms with Crippen LogP contribution in [0.1, 0.15) is 34.6 Å². The Bertz CT molecular complexity index is 730. The molecule has 6 nitrogen and oxygen atoms in total. The largest absolute Gasteiger partial charge is 0.456 e. The van der Waals surface area contributed by atoms with E-state index in [1.165, 1.54) is 0 Å². The second-order valence-electron chi connectivity index (χ2n) is 5.76. The maximum atomic E-state index is 11.9. The number of nitrogens with zero attached hydrogens (tertiary/aromatic N) is 1. The average Bonchev–Trinajstić information content (AvgIpc) is 2.86. The molecule has 0 saturated carbocycles. The van der Waals surface area contributed by atoms with Crippen molar-refractivity contribution < 1.29 is 18.8 Å². The van der Waals surface area contributed by atoms with Crippen LogP contribution in [0, 0.1) is 27.7 Å². The molecular formula is C18H22N2O4. The summed E-state index contributed by atoms with van der Waals surface area (Å²) < 4.78 is 10.1. The van der Waals surface area contributed by atoms with E-state index in [9.17, 15) is 9.59 Å². The Morgan fingerprint density at radius 2 is 1.96 bits per heavy atom. The number of amides is 1. The van der Waals surface area contributed by atoms with Crippen LogP contribution in [0.15, 0.2) is 22.7 Å². The molecule has 24 heavy (non-hydrogen) atoms. The highest BCUT2D eigenvalue weighted by Gasteiger charge is 2.13. The zero-order valence-corrected chi connectivity index (χ0v) is 14.4. The number of rotatable bonds is 6. The van der Waals surface area contributed by atoms with E-state index in [1.54, 1.807) is 6.92 Å². The molecule has 1 aromatic carbocycles. The number of nitrogens with one attached hydrogen (secondary N) is 1. The molecule has 2 rings (SSSR count). The van der Waals surface area contributed by atoms with Gasteiger partial charge >= 0.3 is 5.97 Å². The molecule has 0 fully saturated rings. The number of carbonyl (C=O) groups is 2. The first kappa shape index (κ1) is 17.7. The minimum absolute atomic E-state index is 0.180. The van der Waals surface area contributed by atoms with Crippen LogP contribution in [0.5, 0.6) is 0 Å². The molecule has 1 amide bonds. The highest BCUT2D eigenvalue weighted by Crippen LogP contribution is 2.18. The summed E-state index contributed by atoms with van der Waals surface area (Å²) in [5.41, 5.74) is 4.49. The quantitative estimate of drug-likeness (QED) is 0.823. The average molecular weight is 330 g/mol. The van der Waals surface area contributed by atoms with Crippen molar-refractivity contribution in [2.45, 2.75) is 40.5 Å². The third-order valence-electron chi connectivity index (χ3n) is 4.00. The van der Waals surface area contributed by atoms with Gasteiger partial charge in [-0.25, -0.2) is 0 Å². The fourth-order valence-electron chi connectivity index (χ4n) is 2.38. The fraction of sp³-hybridized carbons (Fsp3) is 0.389. The third-order valence-corrected chi connectivity index (χ3v) is 4.00. The fourth-order valence-corrected chi connectivity index (χ4v) is 2.38. The number of carbonyl (C=O) groups excluding carboxylic acids is 2. The summed E-state index contributed by atoms with van der Waals surface area (Å²) in [6.45, 7) is 7.24. The second-order valence-corrected chi connectivity index (χ2v) is 5.76. The van der Waals surface area contributed by atoms with Crippen molar-refractivity contribution in [3.63, 3.8) is 0 Å². The highest BCUT2D eigenvalue weighted by atomic mass is 16.5. The lowest BCUT2D eigenvalue weighted by Gasteiger charge is -2.10. The summed E-state index contributed by atoms with van der Waals surface area (Å²) in [4.78, 5) is 23.7. The second kappa shape index (κ2) is 7.77. The van der Waals surface area contributed by atoms with E-state index in [-0.39, 0.29) is 18.9 Å². The van der Waals surface area contributed by atoms with Crippen LogP contribution in [0.4, 0.5) is 5.69 Å². The van der Waals surface area contributed by atoms with Gasteiger partial charge in [-0.3, -0.25) is 9.59 Å². The zero-order chi connectivity index (χ0) is 17.7. The topological polar surface area (TPSA) is 81.4 Å². The van der Waals surface area contributed by atoms with Crippen LogP contribution in [-0.2, 0) is 20.7 Å². The summed E-state index contributed by atoms with van der Waals surface area (Å²) in [5.74, 6) is -0.0755. The molecule has 1 aromatic heterocycles. The van der Waals surface area contributed by atoms with Gasteiger partial charge in [-0.2, -0.15) is 0 Å². The highest BCUT2D eigenvalue weighted by molar-refractivity contribution is 5.93. The Morgan fingerprint density at radius 3 is 2.62 bits per heavy atom. The SMILES string of the molecule is Cc1cccc(NC(=O)COC(=O)CCc2c(C)noc2C)c1C. The van der Waals surface area contributed by atoms with Gasteiger partial charge in [-0.05, 0) is 51.3 Å². The molecule has 0 radical (unpaired) electrons. The standard InChI is InChI=1S/C18H22N2O4/c1-11-6-5-7-16(12(11)2)19-17(21)10-23-18(22)9-8-15-13(3)20-24-14(15)4/h5-7H,8-10H2,1-4H3,(H,19,21). The molecule has 0 bridgehead atoms. The molecule has 0 aliphatic rings. The van der Waals surface area contributed by atoms with E-state index in [1.807, 2.05) is 39.0 Å². The van der Waals surface area contributed by atoms with Gasteiger partial charge in [-0.15, -0.1) is 0 Å². The van der Waals surface area contributed by atoms with Gasteiger partial charge in [0.2, 0.25) is 0 Å². The predicted molar refractivity (Wildman–Crippen MR) is 89.8 cm³/mol. The van der Waals surface area contributed by atoms with Crippen LogP contribution in [0.2, 0.25) is 0 Å². The number of aromatic nitrogens is 1. The van der Waals surface area contributed by atoms with Crippen LogP contribution in [0.25, 0.3) is 0 Å². The van der Waals surface area contributed by atoms with Gasteiger partial charge in [0.25, 0.3) is 5.91 Å². The number of esters is 1. The molecule has 0 atom stereocenters. The van der Waals surface area contributed by atoms with Gasteiger partial charge in [0, 0.05) is 17.7 Å². The Hall–Kier alpha value is -2.63. The van der Waals surface area contributed by atoms with Crippen molar-refractivity contribution in [2.75, 3.05) is 11.9 Å². The maximum Gasteiger partial charge on any atom is 0.306 e. The molecule has 0 saturated heterocycles. The Balaban J connectivity index is 1.79. The van der Waals surface area contributed by atoms with Gasteiger partial charge in [0.05, 0.1) is 5.69 Å². The molecule has 1 heterocycles. The van der Waals surface area contributed by atoms with E-state index in [0.29, 0.717) is 12.2 Å². The lowest BCUT2D eigenvalue weighted by Crippen LogP contribution is -2.21. The Kier molecular flexibility index (Phi) is 5.73. The van der Waals surface area contributed by atoms with Crippen molar-refractivity contribution in [2.24, 2.45) is 0 Å². The first-order valence-corrected chi connectivity index (χ1v) is 7.82. The van der Waals surface area contributed by atoms with E-state index in [0.717, 1.165) is 28.1 Å². The number of hydrogen-bond acceptors (Lipinski definition) is 5. The first-order valence-electron chi connectivity index (χ1n) is 7.82. The third kappa shape index (κ3) is 4.44. The lowest BCUT2D eigenvalue weighted by atomic mass is 10.1. The number of ether oxygens (including phenoxy) is 1. The molecule has 6 heteroatoms. The van der Waals surface area contributed by atoms with Crippen molar-refractivity contribution in [3.05, 3.63) is 46.3 Å². The van der Waals surface area contributed by atoms with Crippen LogP contribution in [0.3, 0.4) is 0 Å². The number of anilines is 1. The van der Waals surface area contributed by atoms with Crippen LogP contribution < -0.4 is 5.32 Å². The molecule has 0 spiro atoms. The lowest BCUT2D eigenvalue weighted by molar-refractivity contribution is -0.147. The number of aryl methyl sites for hydroxylation is 3. The summed E-state index contributed by atoms with van der Waals surface area (Å²) in [5, 5.41) is 6.59. The molecule has 0 aliphatic carbocycles. The molecule has 0 aliphatic heterocycles. The number of hydrogen-bond donors (Lipinski definition) is 1. The summed E-state index contributed by atoms with van der Waals surface area (Å²) >= 11 is 0. The van der Waals surface area contributed by atoms with Crippen molar-refractivity contribution in [3.8, 4) is 0 Å². The van der Waals surface area contributed by atoms with Gasteiger partial charge in [-0.1, -0.05) is 17.3 Å². The van der Waals surface area contributed by atoms with Gasteiger partial charge in [0.1, 0.15) is 5.76 Å². The van der Waals surface area contributed by atoms with Crippen molar-refractivity contribution in [1.82, 2.24) is 5.16 Å². The van der Waals surface area contributed by atoms with E-state index < -0.39 is 5.97 Å². The predicted octanol–water partition coefficient (Wildman–Crippen LogP) is 3.02. The summed E-state index contributed by atoms with van der Waals surface area (Å²) in [6, 6.07) is 5.66. The van der Waals surface area contributed by atoms with E-state index in [2.05, 4.69) is 10.5 Å². The van der Waals surface area contributed by atoms with Crippen LogP contribution >= 0.6 is 0 Å². The summed E-state index contributed by atoms with van der Waals surface area (Å²) in [6.07, 6.45) is 0.665. The molecule has 128 valence electrons. The normalized spacial score (nSPS) is 10.5. The smallest absolute Gasteiger partial charge is 0.306 e. The van der Waals surface area contributed by atoms with E-state index in [4.69, 9.17) is 9.26 Å². The van der Waals surface area contributed by atoms with E-state index >= 15 is 0 Å². The van der Waals surface area contributed by atoms with Crippen LogP contribution in [-0.4, -0.2) is 23.6 Å². The van der Waals surface area contributed by atoms with Crippen molar-refractivity contribution >= 4 is 17.6 Å². The maximum absolute atomic E-state index is 11.9. The minimum Gasteiger partial charge on any atom is -0.456 e. The Morgan fingerprint density at radius 1 is 1.21 bits per heavy atom. The minimum atomic E-state index is -0.425. The van der Waals surface area contributed by atoms with Gasteiger partial charge < -0.3 is 14.6 Å². The molecule has 1 N–H and O–H groups in total.